The van der Waals surface area contributed by atoms with E-state index in [1.165, 1.54) is 38.4 Å². The van der Waals surface area contributed by atoms with E-state index in [1.807, 2.05) is 0 Å². The quantitative estimate of drug-likeness (QED) is 0.752. The SMILES string of the molecule is CC1(C)CCC[C@]23CO[C@@](O)(C[C@H]12)[C@@]12C[C@@H](CC[C@@H]31)[C@H](C=O)C2. The third-order valence-electron chi connectivity index (χ3n) is 9.13. The molecule has 0 aromatic heterocycles. The van der Waals surface area contributed by atoms with Crippen LogP contribution in [0.25, 0.3) is 0 Å². The summed E-state index contributed by atoms with van der Waals surface area (Å²) < 4.78 is 6.24. The Bertz CT molecular complexity index is 557. The molecule has 7 atom stereocenters. The first-order chi connectivity index (χ1) is 10.9. The second kappa shape index (κ2) is 4.22. The van der Waals surface area contributed by atoms with Gasteiger partial charge in [0.15, 0.2) is 5.79 Å². The van der Waals surface area contributed by atoms with Crippen LogP contribution in [0.4, 0.5) is 0 Å². The monoisotopic (exact) mass is 318 g/mol. The molecule has 6 fully saturated rings. The number of aldehydes is 1. The molecular formula is C20H30O3. The van der Waals surface area contributed by atoms with Gasteiger partial charge in [0.1, 0.15) is 6.29 Å². The molecule has 23 heavy (non-hydrogen) atoms. The van der Waals surface area contributed by atoms with Crippen LogP contribution < -0.4 is 0 Å². The Balaban J connectivity index is 1.65. The number of hydrogen-bond donors (Lipinski definition) is 1. The Hall–Kier alpha value is -0.410. The Morgan fingerprint density at radius 1 is 1.09 bits per heavy atom. The zero-order chi connectivity index (χ0) is 16.1. The molecule has 1 N–H and O–H groups in total. The van der Waals surface area contributed by atoms with Crippen LogP contribution in [0.3, 0.4) is 0 Å². The number of hydrogen-bond acceptors (Lipinski definition) is 3. The Labute approximate surface area is 139 Å². The molecule has 2 saturated heterocycles. The molecular weight excluding hydrogens is 288 g/mol. The fourth-order valence-corrected chi connectivity index (χ4v) is 8.24. The molecule has 2 aliphatic heterocycles. The predicted molar refractivity (Wildman–Crippen MR) is 86.5 cm³/mol. The van der Waals surface area contributed by atoms with Crippen molar-refractivity contribution in [2.75, 3.05) is 6.61 Å². The highest BCUT2D eigenvalue weighted by Gasteiger charge is 2.76. The molecule has 6 rings (SSSR count). The summed E-state index contributed by atoms with van der Waals surface area (Å²) in [5.74, 6) is 0.800. The second-order valence-electron chi connectivity index (χ2n) is 10.2. The highest BCUT2D eigenvalue weighted by Crippen LogP contribution is 2.77. The fraction of sp³-hybridized carbons (Fsp3) is 0.950. The Kier molecular flexibility index (Phi) is 2.73. The highest BCUT2D eigenvalue weighted by molar-refractivity contribution is 5.55. The molecule has 0 unspecified atom stereocenters. The summed E-state index contributed by atoms with van der Waals surface area (Å²) >= 11 is 0. The maximum Gasteiger partial charge on any atom is 0.171 e. The van der Waals surface area contributed by atoms with E-state index in [2.05, 4.69) is 13.8 Å². The molecule has 0 radical (unpaired) electrons. The van der Waals surface area contributed by atoms with Gasteiger partial charge in [-0.25, -0.2) is 0 Å². The number of rotatable bonds is 1. The van der Waals surface area contributed by atoms with E-state index in [0.29, 0.717) is 23.2 Å². The van der Waals surface area contributed by atoms with Crippen molar-refractivity contribution >= 4 is 6.29 Å². The van der Waals surface area contributed by atoms with Crippen molar-refractivity contribution < 1.29 is 14.6 Å². The molecule has 2 spiro atoms. The number of ether oxygens (including phenoxy) is 1. The van der Waals surface area contributed by atoms with Crippen molar-refractivity contribution in [3.63, 3.8) is 0 Å². The van der Waals surface area contributed by atoms with Crippen molar-refractivity contribution in [1.82, 2.24) is 0 Å². The van der Waals surface area contributed by atoms with Gasteiger partial charge in [0, 0.05) is 23.2 Å². The van der Waals surface area contributed by atoms with Crippen LogP contribution in [-0.4, -0.2) is 23.8 Å². The summed E-state index contributed by atoms with van der Waals surface area (Å²) in [6.07, 6.45) is 10.1. The molecule has 0 aromatic carbocycles. The predicted octanol–water partition coefficient (Wildman–Crippen LogP) is 3.54. The van der Waals surface area contributed by atoms with Gasteiger partial charge in [-0.15, -0.1) is 0 Å². The molecule has 2 heterocycles. The normalized spacial score (nSPS) is 59.3. The van der Waals surface area contributed by atoms with Gasteiger partial charge in [-0.1, -0.05) is 20.3 Å². The summed E-state index contributed by atoms with van der Waals surface area (Å²) in [6.45, 7) is 5.56. The minimum atomic E-state index is -0.977. The van der Waals surface area contributed by atoms with Crippen molar-refractivity contribution in [2.24, 2.45) is 39.9 Å². The zero-order valence-corrected chi connectivity index (χ0v) is 14.5. The van der Waals surface area contributed by atoms with Crippen LogP contribution in [0.15, 0.2) is 0 Å². The smallest absolute Gasteiger partial charge is 0.171 e. The van der Waals surface area contributed by atoms with E-state index in [1.54, 1.807) is 0 Å². The molecule has 0 amide bonds. The van der Waals surface area contributed by atoms with E-state index >= 15 is 0 Å². The largest absolute Gasteiger partial charge is 0.365 e. The molecule has 0 aromatic rings. The third kappa shape index (κ3) is 1.53. The summed E-state index contributed by atoms with van der Waals surface area (Å²) in [7, 11) is 0. The number of aliphatic hydroxyl groups is 1. The molecule has 6 aliphatic rings. The van der Waals surface area contributed by atoms with E-state index < -0.39 is 5.79 Å². The van der Waals surface area contributed by atoms with Crippen LogP contribution in [0.5, 0.6) is 0 Å². The Morgan fingerprint density at radius 3 is 2.70 bits per heavy atom. The van der Waals surface area contributed by atoms with E-state index in [-0.39, 0.29) is 16.7 Å². The van der Waals surface area contributed by atoms with Gasteiger partial charge in [-0.3, -0.25) is 0 Å². The minimum absolute atomic E-state index is 0.135. The van der Waals surface area contributed by atoms with Crippen molar-refractivity contribution in [2.45, 2.75) is 71.0 Å². The number of fused-ring (bicyclic) bond motifs is 2. The average Bonchev–Trinajstić information content (AvgIpc) is 2.80. The maximum absolute atomic E-state index is 11.6. The van der Waals surface area contributed by atoms with Gasteiger partial charge in [-0.05, 0) is 61.7 Å². The summed E-state index contributed by atoms with van der Waals surface area (Å²) in [5.41, 5.74) is 0.426. The lowest BCUT2D eigenvalue weighted by atomic mass is 9.38. The summed E-state index contributed by atoms with van der Waals surface area (Å²) in [4.78, 5) is 11.6. The number of carbonyl (C=O) groups excluding carboxylic acids is 1. The summed E-state index contributed by atoms with van der Waals surface area (Å²) in [5, 5.41) is 11.6. The lowest BCUT2D eigenvalue weighted by Gasteiger charge is -2.72. The topological polar surface area (TPSA) is 46.5 Å². The fourth-order valence-electron chi connectivity index (χ4n) is 8.24. The first kappa shape index (κ1) is 14.9. The maximum atomic E-state index is 11.6. The first-order valence-corrected chi connectivity index (χ1v) is 9.69. The van der Waals surface area contributed by atoms with Crippen LogP contribution in [0.1, 0.15) is 65.2 Å². The van der Waals surface area contributed by atoms with Crippen LogP contribution in [-0.2, 0) is 9.53 Å². The zero-order valence-electron chi connectivity index (χ0n) is 14.5. The van der Waals surface area contributed by atoms with Gasteiger partial charge in [0.25, 0.3) is 0 Å². The Morgan fingerprint density at radius 2 is 1.91 bits per heavy atom. The van der Waals surface area contributed by atoms with Crippen molar-refractivity contribution in [3.05, 3.63) is 0 Å². The van der Waals surface area contributed by atoms with Gasteiger partial charge in [-0.2, -0.15) is 0 Å². The molecule has 3 heteroatoms. The number of carbonyl (C=O) groups is 1. The highest BCUT2D eigenvalue weighted by atomic mass is 16.6. The lowest BCUT2D eigenvalue weighted by Crippen LogP contribution is -2.74. The average molecular weight is 318 g/mol. The van der Waals surface area contributed by atoms with E-state index in [0.717, 1.165) is 25.9 Å². The molecule has 3 nitrogen and oxygen atoms in total. The molecule has 128 valence electrons. The van der Waals surface area contributed by atoms with Gasteiger partial charge in [0.2, 0.25) is 0 Å². The van der Waals surface area contributed by atoms with Gasteiger partial charge in [0.05, 0.1) is 6.61 Å². The standard InChI is InChI=1S/C20H30O3/c1-17(2)6-3-7-18-12-23-20(22,10-16(17)18)19-8-13(4-5-15(18)19)14(9-19)11-21/h11,13-16,22H,3-10,12H2,1-2H3/t13-,14+,15+,16-,18-,19-,20+/m1/s1. The second-order valence-corrected chi connectivity index (χ2v) is 10.2. The minimum Gasteiger partial charge on any atom is -0.365 e. The van der Waals surface area contributed by atoms with Crippen LogP contribution in [0.2, 0.25) is 0 Å². The van der Waals surface area contributed by atoms with E-state index in [4.69, 9.17) is 4.74 Å². The molecule has 4 bridgehead atoms. The lowest BCUT2D eigenvalue weighted by molar-refractivity contribution is -0.413. The third-order valence-corrected chi connectivity index (χ3v) is 9.13. The van der Waals surface area contributed by atoms with Crippen LogP contribution >= 0.6 is 0 Å². The van der Waals surface area contributed by atoms with Gasteiger partial charge < -0.3 is 14.6 Å². The first-order valence-electron chi connectivity index (χ1n) is 9.69. The molecule has 4 saturated carbocycles. The van der Waals surface area contributed by atoms with Gasteiger partial charge >= 0.3 is 0 Å². The summed E-state index contributed by atoms with van der Waals surface area (Å²) in [6, 6.07) is 0. The van der Waals surface area contributed by atoms with Crippen LogP contribution in [0, 0.1) is 39.9 Å². The molecule has 4 aliphatic carbocycles. The van der Waals surface area contributed by atoms with Crippen molar-refractivity contribution in [3.8, 4) is 0 Å². The van der Waals surface area contributed by atoms with Crippen molar-refractivity contribution in [1.29, 1.82) is 0 Å². The van der Waals surface area contributed by atoms with E-state index in [9.17, 15) is 9.90 Å².